The zero-order valence-corrected chi connectivity index (χ0v) is 18.8. The summed E-state index contributed by atoms with van der Waals surface area (Å²) in [6.45, 7) is 7.73. The Labute approximate surface area is 181 Å². The summed E-state index contributed by atoms with van der Waals surface area (Å²) in [5, 5.41) is 9.40. The van der Waals surface area contributed by atoms with E-state index >= 15 is 0 Å². The first-order valence-electron chi connectivity index (χ1n) is 12.1. The van der Waals surface area contributed by atoms with Gasteiger partial charge in [0.15, 0.2) is 0 Å². The van der Waals surface area contributed by atoms with Crippen LogP contribution in [0.3, 0.4) is 0 Å². The lowest BCUT2D eigenvalue weighted by atomic mass is 9.53. The van der Waals surface area contributed by atoms with Crippen molar-refractivity contribution in [2.75, 3.05) is 26.2 Å². The van der Waals surface area contributed by atoms with E-state index < -0.39 is 0 Å². The quantitative estimate of drug-likeness (QED) is 0.558. The summed E-state index contributed by atoms with van der Waals surface area (Å²) in [5.74, 6) is 2.50. The second-order valence-electron chi connectivity index (χ2n) is 10.8. The van der Waals surface area contributed by atoms with Gasteiger partial charge >= 0.3 is 6.03 Å². The maximum atomic E-state index is 12.5. The maximum absolute atomic E-state index is 12.5. The number of hydrogen-bond donors (Lipinski definition) is 3. The molecule has 5 fully saturated rings. The first kappa shape index (κ1) is 21.7. The molecular weight excluding hydrogens is 376 g/mol. The van der Waals surface area contributed by atoms with E-state index in [1.165, 1.54) is 24.8 Å². The highest BCUT2D eigenvalue weighted by atomic mass is 16.2. The molecule has 3 amide bonds. The van der Waals surface area contributed by atoms with Gasteiger partial charge in [0, 0.05) is 44.2 Å². The summed E-state index contributed by atoms with van der Waals surface area (Å²) in [7, 11) is 0. The first-order valence-corrected chi connectivity index (χ1v) is 12.1. The topological polar surface area (TPSA) is 73.5 Å². The van der Waals surface area contributed by atoms with Crippen LogP contribution in [-0.2, 0) is 4.79 Å². The zero-order chi connectivity index (χ0) is 21.1. The molecule has 5 aliphatic rings. The van der Waals surface area contributed by atoms with Crippen LogP contribution in [0, 0.1) is 17.8 Å². The van der Waals surface area contributed by atoms with E-state index in [9.17, 15) is 9.59 Å². The average Bonchev–Trinajstić information content (AvgIpc) is 2.66. The lowest BCUT2D eigenvalue weighted by Crippen LogP contribution is -2.61. The summed E-state index contributed by atoms with van der Waals surface area (Å²) in [5.41, 5.74) is 1.38. The molecule has 0 spiro atoms. The molecule has 6 nitrogen and oxygen atoms in total. The Kier molecular flexibility index (Phi) is 6.71. The smallest absolute Gasteiger partial charge is 0.315 e. The van der Waals surface area contributed by atoms with Gasteiger partial charge in [0.05, 0.1) is 0 Å². The molecule has 6 heteroatoms. The van der Waals surface area contributed by atoms with Crippen molar-refractivity contribution in [1.29, 1.82) is 0 Å². The van der Waals surface area contributed by atoms with Crippen molar-refractivity contribution in [2.45, 2.75) is 83.2 Å². The minimum Gasteiger partial charge on any atom is -0.353 e. The van der Waals surface area contributed by atoms with Gasteiger partial charge in [-0.3, -0.25) is 9.69 Å². The fraction of sp³-hybridized carbons (Fsp3) is 0.833. The number of carbonyl (C=O) groups is 2. The molecule has 4 bridgehead atoms. The first-order chi connectivity index (χ1) is 14.4. The second kappa shape index (κ2) is 9.29. The largest absolute Gasteiger partial charge is 0.353 e. The van der Waals surface area contributed by atoms with Crippen LogP contribution in [-0.4, -0.2) is 54.6 Å². The third-order valence-corrected chi connectivity index (χ3v) is 7.76. The normalized spacial score (nSPS) is 33.2. The highest BCUT2D eigenvalue weighted by Gasteiger charge is 2.51. The predicted octanol–water partition coefficient (Wildman–Crippen LogP) is 3.19. The fourth-order valence-corrected chi connectivity index (χ4v) is 6.71. The summed E-state index contributed by atoms with van der Waals surface area (Å²) in [6, 6.07) is 0.179. The predicted molar refractivity (Wildman–Crippen MR) is 119 cm³/mol. The maximum Gasteiger partial charge on any atom is 0.315 e. The summed E-state index contributed by atoms with van der Waals surface area (Å²) in [6.07, 6.45) is 12.2. The number of nitrogens with zero attached hydrogens (tertiary/aromatic N) is 1. The van der Waals surface area contributed by atoms with Gasteiger partial charge in [-0.2, -0.15) is 0 Å². The number of likely N-dealkylation sites (tertiary alicyclic amines) is 1. The number of rotatable bonds is 7. The Morgan fingerprint density at radius 2 is 1.60 bits per heavy atom. The van der Waals surface area contributed by atoms with E-state index in [2.05, 4.69) is 40.8 Å². The van der Waals surface area contributed by atoms with Crippen LogP contribution >= 0.6 is 0 Å². The van der Waals surface area contributed by atoms with Gasteiger partial charge in [0.1, 0.15) is 0 Å². The molecule has 0 atom stereocenters. The fourth-order valence-electron chi connectivity index (χ4n) is 6.71. The zero-order valence-electron chi connectivity index (χ0n) is 18.8. The number of carbonyl (C=O) groups excluding carboxylic acids is 2. The highest BCUT2D eigenvalue weighted by molar-refractivity contribution is 5.78. The molecule has 5 rings (SSSR count). The molecule has 3 N–H and O–H groups in total. The molecule has 0 radical (unpaired) electrons. The molecule has 1 heterocycles. The van der Waals surface area contributed by atoms with Crippen molar-refractivity contribution in [1.82, 2.24) is 20.9 Å². The molecule has 1 saturated heterocycles. The number of amides is 3. The van der Waals surface area contributed by atoms with Crippen LogP contribution in [0.25, 0.3) is 0 Å². The van der Waals surface area contributed by atoms with Crippen molar-refractivity contribution in [3.05, 3.63) is 11.6 Å². The minimum absolute atomic E-state index is 0.0283. The van der Waals surface area contributed by atoms with Gasteiger partial charge in [0.2, 0.25) is 5.91 Å². The molecule has 4 saturated carbocycles. The summed E-state index contributed by atoms with van der Waals surface area (Å²) in [4.78, 5) is 27.2. The summed E-state index contributed by atoms with van der Waals surface area (Å²) < 4.78 is 0. The van der Waals surface area contributed by atoms with E-state index in [-0.39, 0.29) is 23.5 Å². The Hall–Kier alpha value is -1.56. The van der Waals surface area contributed by atoms with E-state index in [4.69, 9.17) is 0 Å². The Morgan fingerprint density at radius 1 is 1.00 bits per heavy atom. The third-order valence-electron chi connectivity index (χ3n) is 7.76. The van der Waals surface area contributed by atoms with E-state index in [0.717, 1.165) is 69.5 Å². The number of urea groups is 1. The monoisotopic (exact) mass is 416 g/mol. The van der Waals surface area contributed by atoms with Crippen molar-refractivity contribution < 1.29 is 9.59 Å². The van der Waals surface area contributed by atoms with Crippen molar-refractivity contribution in [3.8, 4) is 0 Å². The van der Waals surface area contributed by atoms with Crippen LogP contribution < -0.4 is 16.0 Å². The lowest BCUT2D eigenvalue weighted by Gasteiger charge is -2.56. The van der Waals surface area contributed by atoms with Crippen LogP contribution in [0.5, 0.6) is 0 Å². The Balaban J connectivity index is 1.11. The molecule has 0 unspecified atom stereocenters. The number of allylic oxidation sites excluding steroid dienone is 1. The van der Waals surface area contributed by atoms with Crippen molar-refractivity contribution in [3.63, 3.8) is 0 Å². The van der Waals surface area contributed by atoms with Crippen molar-refractivity contribution >= 4 is 11.9 Å². The second-order valence-corrected chi connectivity index (χ2v) is 10.8. The van der Waals surface area contributed by atoms with Crippen LogP contribution in [0.4, 0.5) is 4.79 Å². The molecular formula is C24H40N4O2. The molecule has 0 aromatic rings. The minimum atomic E-state index is -0.0858. The van der Waals surface area contributed by atoms with E-state index in [1.54, 1.807) is 0 Å². The van der Waals surface area contributed by atoms with Gasteiger partial charge in [-0.15, -0.1) is 0 Å². The molecule has 0 aromatic heterocycles. The average molecular weight is 417 g/mol. The SMILES string of the molecule is CC(C)=CCN1CCC(NC(=O)CCNC(=O)NC23CC4CC(CC(C4)C2)C3)CC1. The highest BCUT2D eigenvalue weighted by Crippen LogP contribution is 2.55. The van der Waals surface area contributed by atoms with Crippen LogP contribution in [0.1, 0.15) is 71.6 Å². The molecule has 168 valence electrons. The number of piperidine rings is 1. The van der Waals surface area contributed by atoms with Gasteiger partial charge in [-0.1, -0.05) is 11.6 Å². The number of hydrogen-bond acceptors (Lipinski definition) is 3. The van der Waals surface area contributed by atoms with E-state index in [1.807, 2.05) is 0 Å². The van der Waals surface area contributed by atoms with E-state index in [0.29, 0.717) is 13.0 Å². The van der Waals surface area contributed by atoms with Crippen LogP contribution in [0.2, 0.25) is 0 Å². The van der Waals surface area contributed by atoms with Crippen LogP contribution in [0.15, 0.2) is 11.6 Å². The molecule has 4 aliphatic carbocycles. The standard InChI is InChI=1S/C24H40N4O2/c1-17(2)4-8-28-9-5-21(6-10-28)26-22(29)3-7-25-23(30)27-24-14-18-11-19(15-24)13-20(12-18)16-24/h4,18-21H,3,5-16H2,1-2H3,(H,26,29)(H2,25,27,30). The van der Waals surface area contributed by atoms with Gasteiger partial charge in [-0.05, 0) is 83.0 Å². The Bertz CT molecular complexity index is 627. The summed E-state index contributed by atoms with van der Waals surface area (Å²) >= 11 is 0. The van der Waals surface area contributed by atoms with Gasteiger partial charge in [-0.25, -0.2) is 4.79 Å². The third kappa shape index (κ3) is 5.57. The molecule has 30 heavy (non-hydrogen) atoms. The number of nitrogens with one attached hydrogen (secondary N) is 3. The Morgan fingerprint density at radius 3 is 2.17 bits per heavy atom. The van der Waals surface area contributed by atoms with Gasteiger partial charge in [0.25, 0.3) is 0 Å². The van der Waals surface area contributed by atoms with Crippen molar-refractivity contribution in [2.24, 2.45) is 17.8 Å². The molecule has 0 aromatic carbocycles. The van der Waals surface area contributed by atoms with Gasteiger partial charge < -0.3 is 16.0 Å². The lowest BCUT2D eigenvalue weighted by molar-refractivity contribution is -0.121. The molecule has 1 aliphatic heterocycles.